The summed E-state index contributed by atoms with van der Waals surface area (Å²) >= 11 is 0. The normalized spacial score (nSPS) is 16.9. The molecule has 1 aromatic rings. The van der Waals surface area contributed by atoms with Gasteiger partial charge in [-0.2, -0.15) is 0 Å². The predicted molar refractivity (Wildman–Crippen MR) is 89.2 cm³/mol. The van der Waals surface area contributed by atoms with Crippen molar-refractivity contribution in [2.24, 2.45) is 5.73 Å². The van der Waals surface area contributed by atoms with E-state index in [4.69, 9.17) is 15.2 Å². The molecule has 1 aliphatic heterocycles. The number of nitrogens with two attached hydrogens (primary N) is 1. The van der Waals surface area contributed by atoms with Gasteiger partial charge in [0.25, 0.3) is 5.91 Å². The Kier molecular flexibility index (Phi) is 6.71. The quantitative estimate of drug-likeness (QED) is 0.841. The van der Waals surface area contributed by atoms with Gasteiger partial charge in [0, 0.05) is 30.3 Å². The van der Waals surface area contributed by atoms with E-state index in [1.807, 2.05) is 6.07 Å². The molecule has 1 fully saturated rings. The molecule has 0 bridgehead atoms. The number of carbonyl (C=O) groups excluding carboxylic acids is 1. The van der Waals surface area contributed by atoms with Gasteiger partial charge in [0.15, 0.2) is 11.5 Å². The molecule has 1 aliphatic rings. The third-order valence-corrected chi connectivity index (χ3v) is 3.68. The van der Waals surface area contributed by atoms with Crippen LogP contribution in [0.4, 0.5) is 0 Å². The molecule has 0 radical (unpaired) electrons. The number of amides is 1. The Bertz CT molecular complexity index is 548. The Hall–Kier alpha value is -1.72. The maximum atomic E-state index is 12.6. The van der Waals surface area contributed by atoms with E-state index < -0.39 is 0 Å². The van der Waals surface area contributed by atoms with Crippen molar-refractivity contribution in [2.45, 2.75) is 18.9 Å². The first-order valence-electron chi connectivity index (χ1n) is 7.01. The highest BCUT2D eigenvalue weighted by Gasteiger charge is 2.26. The Morgan fingerprint density at radius 2 is 2.18 bits per heavy atom. The van der Waals surface area contributed by atoms with Gasteiger partial charge < -0.3 is 20.1 Å². The first kappa shape index (κ1) is 18.3. The summed E-state index contributed by atoms with van der Waals surface area (Å²) in [5, 5.41) is 0. The van der Waals surface area contributed by atoms with Crippen molar-refractivity contribution in [1.29, 1.82) is 0 Å². The summed E-state index contributed by atoms with van der Waals surface area (Å²) in [7, 11) is 3.15. The van der Waals surface area contributed by atoms with Crippen LogP contribution in [0.25, 0.3) is 0 Å². The Balaban J connectivity index is 0.00000242. The fourth-order valence-corrected chi connectivity index (χ4v) is 2.63. The summed E-state index contributed by atoms with van der Waals surface area (Å²) in [6.07, 6.45) is 3.23. The van der Waals surface area contributed by atoms with Gasteiger partial charge in [0.2, 0.25) is 0 Å². The minimum absolute atomic E-state index is 0. The Labute approximate surface area is 137 Å². The highest BCUT2D eigenvalue weighted by Crippen LogP contribution is 2.33. The van der Waals surface area contributed by atoms with Crippen LogP contribution >= 0.6 is 12.4 Å². The third kappa shape index (κ3) is 3.72. The summed E-state index contributed by atoms with van der Waals surface area (Å²) in [6.45, 7) is 5.04. The minimum Gasteiger partial charge on any atom is -0.493 e. The topological polar surface area (TPSA) is 64.8 Å². The van der Waals surface area contributed by atoms with Crippen molar-refractivity contribution in [2.75, 3.05) is 27.3 Å². The van der Waals surface area contributed by atoms with Crippen molar-refractivity contribution in [3.8, 4) is 11.5 Å². The molecule has 122 valence electrons. The maximum absolute atomic E-state index is 12.6. The zero-order valence-corrected chi connectivity index (χ0v) is 13.8. The molecule has 1 atom stereocenters. The first-order chi connectivity index (χ1) is 10.1. The van der Waals surface area contributed by atoms with E-state index in [0.717, 1.165) is 12.0 Å². The van der Waals surface area contributed by atoms with Gasteiger partial charge in [-0.05, 0) is 25.0 Å². The lowest BCUT2D eigenvalue weighted by atomic mass is 10.0. The second-order valence-corrected chi connectivity index (χ2v) is 5.16. The van der Waals surface area contributed by atoms with Crippen molar-refractivity contribution < 1.29 is 14.3 Å². The van der Waals surface area contributed by atoms with Crippen LogP contribution in [0.3, 0.4) is 0 Å². The molecule has 1 aromatic carbocycles. The maximum Gasteiger partial charge on any atom is 0.254 e. The van der Waals surface area contributed by atoms with E-state index in [-0.39, 0.29) is 24.4 Å². The summed E-state index contributed by atoms with van der Waals surface area (Å²) in [5.41, 5.74) is 7.35. The SMILES string of the molecule is C=CCc1cc(C(=O)N2CC[C@@H](N)C2)cc(OC)c1OC.Cl. The van der Waals surface area contributed by atoms with E-state index in [0.29, 0.717) is 36.6 Å². The first-order valence-corrected chi connectivity index (χ1v) is 7.01. The number of benzene rings is 1. The fraction of sp³-hybridized carbons (Fsp3) is 0.438. The number of nitrogens with zero attached hydrogens (tertiary/aromatic N) is 1. The number of allylic oxidation sites excluding steroid dienone is 1. The predicted octanol–water partition coefficient (Wildman–Crippen LogP) is 2.03. The standard InChI is InChI=1S/C16H22N2O3.ClH/c1-4-5-11-8-12(9-14(20-2)15(11)21-3)16(19)18-7-6-13(17)10-18;/h4,8-9,13H,1,5-7,10,17H2,2-3H3;1H/t13-;/m1./s1. The lowest BCUT2D eigenvalue weighted by Gasteiger charge is -2.18. The van der Waals surface area contributed by atoms with E-state index in [1.165, 1.54) is 0 Å². The molecule has 0 aromatic heterocycles. The van der Waals surface area contributed by atoms with Crippen molar-refractivity contribution >= 4 is 18.3 Å². The summed E-state index contributed by atoms with van der Waals surface area (Å²) in [4.78, 5) is 14.3. The lowest BCUT2D eigenvalue weighted by Crippen LogP contribution is -2.32. The minimum atomic E-state index is -0.0192. The molecule has 5 nitrogen and oxygen atoms in total. The molecule has 1 saturated heterocycles. The Morgan fingerprint density at radius 3 is 2.68 bits per heavy atom. The van der Waals surface area contributed by atoms with Crippen molar-refractivity contribution in [3.05, 3.63) is 35.9 Å². The molecule has 2 rings (SSSR count). The zero-order chi connectivity index (χ0) is 15.4. The van der Waals surface area contributed by atoms with Gasteiger partial charge in [-0.15, -0.1) is 19.0 Å². The van der Waals surface area contributed by atoms with Gasteiger partial charge in [-0.1, -0.05) is 6.08 Å². The van der Waals surface area contributed by atoms with Gasteiger partial charge in [0.1, 0.15) is 0 Å². The van der Waals surface area contributed by atoms with Gasteiger partial charge in [-0.25, -0.2) is 0 Å². The number of likely N-dealkylation sites (tertiary alicyclic amines) is 1. The summed E-state index contributed by atoms with van der Waals surface area (Å²) in [6, 6.07) is 3.63. The van der Waals surface area contributed by atoms with Crippen LogP contribution in [0, 0.1) is 0 Å². The zero-order valence-electron chi connectivity index (χ0n) is 13.0. The number of hydrogen-bond acceptors (Lipinski definition) is 4. The number of hydrogen-bond donors (Lipinski definition) is 1. The largest absolute Gasteiger partial charge is 0.493 e. The van der Waals surface area contributed by atoms with E-state index in [1.54, 1.807) is 31.3 Å². The molecule has 0 saturated carbocycles. The smallest absolute Gasteiger partial charge is 0.254 e. The highest BCUT2D eigenvalue weighted by molar-refractivity contribution is 5.95. The van der Waals surface area contributed by atoms with Gasteiger partial charge >= 0.3 is 0 Å². The second-order valence-electron chi connectivity index (χ2n) is 5.16. The van der Waals surface area contributed by atoms with Crippen molar-refractivity contribution in [1.82, 2.24) is 4.90 Å². The molecule has 0 unspecified atom stereocenters. The summed E-state index contributed by atoms with van der Waals surface area (Å²) < 4.78 is 10.7. The van der Waals surface area contributed by atoms with Gasteiger partial charge in [-0.3, -0.25) is 4.79 Å². The molecular formula is C16H23ClN2O3. The van der Waals surface area contributed by atoms with Crippen LogP contribution in [-0.4, -0.2) is 44.2 Å². The average molecular weight is 327 g/mol. The number of carbonyl (C=O) groups is 1. The molecule has 0 aliphatic carbocycles. The molecule has 1 heterocycles. The number of rotatable bonds is 5. The van der Waals surface area contributed by atoms with Crippen LogP contribution < -0.4 is 15.2 Å². The molecule has 1 amide bonds. The average Bonchev–Trinajstić information content (AvgIpc) is 2.92. The third-order valence-electron chi connectivity index (χ3n) is 3.68. The number of methoxy groups -OCH3 is 2. The molecular weight excluding hydrogens is 304 g/mol. The van der Waals surface area contributed by atoms with Gasteiger partial charge in [0.05, 0.1) is 14.2 Å². The van der Waals surface area contributed by atoms with Crippen LogP contribution in [0.2, 0.25) is 0 Å². The van der Waals surface area contributed by atoms with Crippen LogP contribution in [0.15, 0.2) is 24.8 Å². The molecule has 0 spiro atoms. The van der Waals surface area contributed by atoms with Crippen LogP contribution in [-0.2, 0) is 6.42 Å². The van der Waals surface area contributed by atoms with E-state index >= 15 is 0 Å². The highest BCUT2D eigenvalue weighted by atomic mass is 35.5. The van der Waals surface area contributed by atoms with Crippen LogP contribution in [0.5, 0.6) is 11.5 Å². The lowest BCUT2D eigenvalue weighted by molar-refractivity contribution is 0.0790. The van der Waals surface area contributed by atoms with E-state index in [9.17, 15) is 4.79 Å². The summed E-state index contributed by atoms with van der Waals surface area (Å²) in [5.74, 6) is 1.19. The van der Waals surface area contributed by atoms with Crippen molar-refractivity contribution in [3.63, 3.8) is 0 Å². The van der Waals surface area contributed by atoms with E-state index in [2.05, 4.69) is 6.58 Å². The second kappa shape index (κ2) is 8.06. The molecule has 2 N–H and O–H groups in total. The molecule has 22 heavy (non-hydrogen) atoms. The Morgan fingerprint density at radius 1 is 1.45 bits per heavy atom. The van der Waals surface area contributed by atoms with Crippen LogP contribution in [0.1, 0.15) is 22.3 Å². The number of halogens is 1. The molecule has 6 heteroatoms. The number of ether oxygens (including phenoxy) is 2. The monoisotopic (exact) mass is 326 g/mol. The fourth-order valence-electron chi connectivity index (χ4n) is 2.63.